The van der Waals surface area contributed by atoms with Gasteiger partial charge in [-0.2, -0.15) is 10.2 Å². The predicted octanol–water partition coefficient (Wildman–Crippen LogP) is 4.81. The molecule has 3 N–H and O–H groups in total. The third kappa shape index (κ3) is 7.26. The first-order chi connectivity index (χ1) is 13.0. The van der Waals surface area contributed by atoms with Gasteiger partial charge in [-0.1, -0.05) is 0 Å². The Morgan fingerprint density at radius 3 is 2.19 bits per heavy atom. The minimum Gasteiger partial charge on any atom is -0.393 e. The van der Waals surface area contributed by atoms with E-state index in [0.29, 0.717) is 0 Å². The number of nitrogens with one attached hydrogen (secondary N) is 3. The number of anilines is 3. The maximum absolute atomic E-state index is 11.0. The molecule has 0 aromatic heterocycles. The van der Waals surface area contributed by atoms with Gasteiger partial charge >= 0.3 is 0 Å². The first kappa shape index (κ1) is 20.7. The van der Waals surface area contributed by atoms with Crippen LogP contribution in [0.25, 0.3) is 0 Å². The highest BCUT2D eigenvalue weighted by Gasteiger charge is 2.04. The van der Waals surface area contributed by atoms with Crippen molar-refractivity contribution in [3.63, 3.8) is 0 Å². The van der Waals surface area contributed by atoms with Crippen molar-refractivity contribution in [1.29, 1.82) is 0 Å². The highest BCUT2D eigenvalue weighted by atomic mass is 127. The van der Waals surface area contributed by atoms with Crippen LogP contribution < -0.4 is 16.0 Å². The fourth-order valence-electron chi connectivity index (χ4n) is 2.08. The lowest BCUT2D eigenvalue weighted by Gasteiger charge is -2.16. The molecule has 0 aliphatic rings. The second kappa shape index (κ2) is 10.5. The van der Waals surface area contributed by atoms with Gasteiger partial charge in [0.2, 0.25) is 5.91 Å². The van der Waals surface area contributed by atoms with Crippen molar-refractivity contribution in [3.8, 4) is 0 Å². The molecule has 1 unspecified atom stereocenters. The van der Waals surface area contributed by atoms with E-state index in [1.165, 1.54) is 6.92 Å². The predicted molar refractivity (Wildman–Crippen MR) is 119 cm³/mol. The molecule has 2 rings (SSSR count). The summed E-state index contributed by atoms with van der Waals surface area (Å²) in [4.78, 5) is 13.0. The van der Waals surface area contributed by atoms with E-state index in [4.69, 9.17) is 0 Å². The summed E-state index contributed by atoms with van der Waals surface area (Å²) in [5.41, 5.74) is 3.44. The van der Waals surface area contributed by atoms with Gasteiger partial charge in [-0.25, -0.2) is 0 Å². The standard InChI is InChI=1S/C19H23IN6O/c1-14(27)22-15-4-6-16(7-5-15)23-17-8-10-18(11-9-17)24-25-19(20)26(3)13-12-21-2/h4-13,19,21,23H,1-3H3,(H,22,27)/b13-12-,25-24?. The smallest absolute Gasteiger partial charge is 0.221 e. The number of carbonyl (C=O) groups is 1. The monoisotopic (exact) mass is 478 g/mol. The van der Waals surface area contributed by atoms with Gasteiger partial charge in [-0.05, 0) is 71.1 Å². The maximum atomic E-state index is 11.0. The van der Waals surface area contributed by atoms with E-state index in [2.05, 4.69) is 48.8 Å². The zero-order valence-corrected chi connectivity index (χ0v) is 17.6. The summed E-state index contributed by atoms with van der Waals surface area (Å²) in [6.07, 6.45) is 3.74. The lowest BCUT2D eigenvalue weighted by atomic mass is 10.2. The zero-order chi connectivity index (χ0) is 19.6. The van der Waals surface area contributed by atoms with Crippen LogP contribution in [-0.4, -0.2) is 29.1 Å². The van der Waals surface area contributed by atoms with Gasteiger partial charge in [-0.15, -0.1) is 0 Å². The molecule has 0 aliphatic carbocycles. The Morgan fingerprint density at radius 2 is 1.63 bits per heavy atom. The van der Waals surface area contributed by atoms with Crippen molar-refractivity contribution in [2.45, 2.75) is 11.1 Å². The second-order valence-electron chi connectivity index (χ2n) is 5.73. The van der Waals surface area contributed by atoms with Gasteiger partial charge in [0.25, 0.3) is 0 Å². The number of carbonyl (C=O) groups excluding carboxylic acids is 1. The molecule has 8 heteroatoms. The molecule has 7 nitrogen and oxygen atoms in total. The normalized spacial score (nSPS) is 12.1. The van der Waals surface area contributed by atoms with E-state index in [9.17, 15) is 4.79 Å². The molecule has 2 aromatic rings. The van der Waals surface area contributed by atoms with Crippen LogP contribution in [0.15, 0.2) is 71.2 Å². The van der Waals surface area contributed by atoms with Crippen LogP contribution in [-0.2, 0) is 4.79 Å². The molecule has 0 fully saturated rings. The third-order valence-corrected chi connectivity index (χ3v) is 4.57. The number of hydrogen-bond acceptors (Lipinski definition) is 6. The molecule has 0 saturated carbocycles. The van der Waals surface area contributed by atoms with Gasteiger partial charge in [0, 0.05) is 50.5 Å². The summed E-state index contributed by atoms with van der Waals surface area (Å²) in [6.45, 7) is 1.49. The Morgan fingerprint density at radius 1 is 1.07 bits per heavy atom. The highest BCUT2D eigenvalue weighted by Crippen LogP contribution is 2.22. The lowest BCUT2D eigenvalue weighted by Crippen LogP contribution is -2.18. The minimum atomic E-state index is -0.0906. The lowest BCUT2D eigenvalue weighted by molar-refractivity contribution is -0.114. The summed E-state index contributed by atoms with van der Waals surface area (Å²) in [6, 6.07) is 15.2. The number of alkyl halides is 1. The number of halogens is 1. The molecule has 142 valence electrons. The van der Waals surface area contributed by atoms with Crippen LogP contribution in [0.1, 0.15) is 6.92 Å². The molecular weight excluding hydrogens is 455 g/mol. The van der Waals surface area contributed by atoms with E-state index < -0.39 is 0 Å². The molecule has 0 radical (unpaired) electrons. The summed E-state index contributed by atoms with van der Waals surface area (Å²) in [5.74, 6) is -0.0848. The van der Waals surface area contributed by atoms with E-state index in [1.54, 1.807) is 0 Å². The number of benzene rings is 2. The molecule has 27 heavy (non-hydrogen) atoms. The third-order valence-electron chi connectivity index (χ3n) is 3.44. The minimum absolute atomic E-state index is 0.0848. The molecule has 0 saturated heterocycles. The number of rotatable bonds is 8. The van der Waals surface area contributed by atoms with Crippen molar-refractivity contribution in [2.75, 3.05) is 24.7 Å². The average molecular weight is 478 g/mol. The average Bonchev–Trinajstić information content (AvgIpc) is 2.66. The molecular formula is C19H23IN6O. The molecule has 2 aromatic carbocycles. The van der Waals surface area contributed by atoms with E-state index in [-0.39, 0.29) is 10.1 Å². The number of nitrogens with zero attached hydrogens (tertiary/aromatic N) is 3. The first-order valence-corrected chi connectivity index (χ1v) is 9.58. The van der Waals surface area contributed by atoms with Crippen LogP contribution in [0, 0.1) is 0 Å². The number of hydrogen-bond donors (Lipinski definition) is 3. The SMILES string of the molecule is CN/C=C\N(C)C(I)N=Nc1ccc(Nc2ccc(NC(C)=O)cc2)cc1. The van der Waals surface area contributed by atoms with Crippen molar-refractivity contribution >= 4 is 51.2 Å². The van der Waals surface area contributed by atoms with Crippen LogP contribution >= 0.6 is 22.6 Å². The van der Waals surface area contributed by atoms with E-state index in [1.807, 2.05) is 79.9 Å². The highest BCUT2D eigenvalue weighted by molar-refractivity contribution is 14.1. The molecule has 0 bridgehead atoms. The molecule has 0 aliphatic heterocycles. The second-order valence-corrected chi connectivity index (χ2v) is 6.84. The van der Waals surface area contributed by atoms with Crippen molar-refractivity contribution in [3.05, 3.63) is 60.9 Å². The fraction of sp³-hybridized carbons (Fsp3) is 0.211. The van der Waals surface area contributed by atoms with E-state index in [0.717, 1.165) is 22.7 Å². The molecule has 0 spiro atoms. The molecule has 1 atom stereocenters. The van der Waals surface area contributed by atoms with Crippen LogP contribution in [0.2, 0.25) is 0 Å². The summed E-state index contributed by atoms with van der Waals surface area (Å²) in [7, 11) is 3.79. The zero-order valence-electron chi connectivity index (χ0n) is 15.5. The summed E-state index contributed by atoms with van der Waals surface area (Å²) in [5, 5.41) is 17.6. The van der Waals surface area contributed by atoms with Crippen molar-refractivity contribution in [1.82, 2.24) is 10.2 Å². The topological polar surface area (TPSA) is 81.1 Å². The first-order valence-electron chi connectivity index (χ1n) is 8.33. The number of amides is 1. The molecule has 0 heterocycles. The van der Waals surface area contributed by atoms with Gasteiger partial charge in [-0.3, -0.25) is 4.79 Å². The Bertz CT molecular complexity index is 789. The van der Waals surface area contributed by atoms with Crippen LogP contribution in [0.3, 0.4) is 0 Å². The Hall–Kier alpha value is -2.62. The van der Waals surface area contributed by atoms with Gasteiger partial charge in [0.15, 0.2) is 4.17 Å². The van der Waals surface area contributed by atoms with Gasteiger partial charge in [0.1, 0.15) is 0 Å². The number of azo groups is 1. The molecule has 1 amide bonds. The van der Waals surface area contributed by atoms with Gasteiger partial charge < -0.3 is 20.9 Å². The summed E-state index contributed by atoms with van der Waals surface area (Å²) < 4.78 is -0.0906. The summed E-state index contributed by atoms with van der Waals surface area (Å²) >= 11 is 2.21. The largest absolute Gasteiger partial charge is 0.393 e. The Labute approximate surface area is 173 Å². The Balaban J connectivity index is 1.93. The van der Waals surface area contributed by atoms with Crippen LogP contribution in [0.4, 0.5) is 22.7 Å². The van der Waals surface area contributed by atoms with Crippen molar-refractivity contribution in [2.24, 2.45) is 10.2 Å². The van der Waals surface area contributed by atoms with E-state index >= 15 is 0 Å². The quantitative estimate of drug-likeness (QED) is 0.220. The van der Waals surface area contributed by atoms with Gasteiger partial charge in [0.05, 0.1) is 5.69 Å². The fourth-order valence-corrected chi connectivity index (χ4v) is 2.39. The van der Waals surface area contributed by atoms with Crippen LogP contribution in [0.5, 0.6) is 0 Å². The Kier molecular flexibility index (Phi) is 8.05. The van der Waals surface area contributed by atoms with Crippen molar-refractivity contribution < 1.29 is 4.79 Å². The maximum Gasteiger partial charge on any atom is 0.221 e.